The fraction of sp³-hybridized carbons (Fsp3) is 0.400. The summed E-state index contributed by atoms with van der Waals surface area (Å²) in [6.45, 7) is 6.56. The Bertz CT molecular complexity index is 751. The monoisotopic (exact) mass is 269 g/mol. The number of aromatic amines is 1. The summed E-state index contributed by atoms with van der Waals surface area (Å²) in [7, 11) is 1.91. The Balaban J connectivity index is 2.18. The Kier molecular flexibility index (Phi) is 2.85. The van der Waals surface area contributed by atoms with Crippen molar-refractivity contribution in [2.75, 3.05) is 0 Å². The molecule has 5 heteroatoms. The lowest BCUT2D eigenvalue weighted by Gasteiger charge is -2.21. The summed E-state index contributed by atoms with van der Waals surface area (Å²) in [5.41, 5.74) is 4.90. The van der Waals surface area contributed by atoms with Crippen molar-refractivity contribution in [3.05, 3.63) is 30.5 Å². The maximum absolute atomic E-state index is 4.83. The first-order valence-electron chi connectivity index (χ1n) is 6.85. The summed E-state index contributed by atoms with van der Waals surface area (Å²) in [5.74, 6) is 0. The minimum absolute atomic E-state index is 0.0324. The second kappa shape index (κ2) is 4.44. The zero-order valence-corrected chi connectivity index (χ0v) is 12.3. The van der Waals surface area contributed by atoms with Crippen molar-refractivity contribution in [1.29, 1.82) is 0 Å². The number of H-pyrrole nitrogens is 1. The molecule has 0 aliphatic heterocycles. The smallest absolute Gasteiger partial charge is 0.156 e. The number of fused-ring (bicyclic) bond motifs is 1. The van der Waals surface area contributed by atoms with Crippen molar-refractivity contribution in [1.82, 2.24) is 24.7 Å². The van der Waals surface area contributed by atoms with E-state index in [1.165, 1.54) is 0 Å². The molecular formula is C15H19N5. The minimum atomic E-state index is 0.0324. The molecule has 0 fully saturated rings. The van der Waals surface area contributed by atoms with E-state index in [9.17, 15) is 0 Å². The van der Waals surface area contributed by atoms with Crippen molar-refractivity contribution in [3.63, 3.8) is 0 Å². The first kappa shape index (κ1) is 12.8. The van der Waals surface area contributed by atoms with Crippen molar-refractivity contribution in [2.24, 2.45) is 7.05 Å². The van der Waals surface area contributed by atoms with Crippen LogP contribution in [0.15, 0.2) is 24.8 Å². The lowest BCUT2D eigenvalue weighted by atomic mass is 9.87. The van der Waals surface area contributed by atoms with Gasteiger partial charge in [-0.1, -0.05) is 20.8 Å². The van der Waals surface area contributed by atoms with Gasteiger partial charge in [-0.25, -0.2) is 9.97 Å². The van der Waals surface area contributed by atoms with E-state index in [0.29, 0.717) is 0 Å². The number of hydrogen-bond donors (Lipinski definition) is 1. The predicted molar refractivity (Wildman–Crippen MR) is 79.4 cm³/mol. The van der Waals surface area contributed by atoms with E-state index in [0.717, 1.165) is 34.4 Å². The number of hydrogen-bond acceptors (Lipinski definition) is 3. The molecule has 1 N–H and O–H groups in total. The van der Waals surface area contributed by atoms with Gasteiger partial charge in [0.1, 0.15) is 5.52 Å². The molecular weight excluding hydrogens is 250 g/mol. The molecule has 104 valence electrons. The van der Waals surface area contributed by atoms with Crippen molar-refractivity contribution >= 4 is 11.2 Å². The third kappa shape index (κ3) is 1.99. The highest BCUT2D eigenvalue weighted by molar-refractivity contribution is 5.90. The first-order valence-corrected chi connectivity index (χ1v) is 6.85. The van der Waals surface area contributed by atoms with Crippen LogP contribution in [0.25, 0.3) is 22.3 Å². The normalized spacial score (nSPS) is 12.2. The topological polar surface area (TPSA) is 59.4 Å². The SMILES string of the molecule is CCC(C)(C)c1cnc2[nH]cc(-c3cnn(C)c3)c2n1. The van der Waals surface area contributed by atoms with Gasteiger partial charge in [0, 0.05) is 36.0 Å². The van der Waals surface area contributed by atoms with Crippen LogP contribution in [-0.4, -0.2) is 24.7 Å². The Hall–Kier alpha value is -2.17. The summed E-state index contributed by atoms with van der Waals surface area (Å²) in [5, 5.41) is 4.22. The second-order valence-corrected chi connectivity index (χ2v) is 5.79. The molecule has 0 spiro atoms. The summed E-state index contributed by atoms with van der Waals surface area (Å²) in [6, 6.07) is 0. The van der Waals surface area contributed by atoms with E-state index in [1.54, 1.807) is 4.68 Å². The van der Waals surface area contributed by atoms with E-state index in [4.69, 9.17) is 4.98 Å². The maximum Gasteiger partial charge on any atom is 0.156 e. The van der Waals surface area contributed by atoms with Crippen molar-refractivity contribution < 1.29 is 0 Å². The molecule has 5 nitrogen and oxygen atoms in total. The van der Waals surface area contributed by atoms with Gasteiger partial charge in [-0.05, 0) is 6.42 Å². The molecule has 0 atom stereocenters. The van der Waals surface area contributed by atoms with Gasteiger partial charge in [0.25, 0.3) is 0 Å². The van der Waals surface area contributed by atoms with E-state index in [2.05, 4.69) is 35.8 Å². The number of nitrogens with one attached hydrogen (secondary N) is 1. The van der Waals surface area contributed by atoms with Crippen LogP contribution in [0.2, 0.25) is 0 Å². The zero-order chi connectivity index (χ0) is 14.3. The minimum Gasteiger partial charge on any atom is -0.344 e. The fourth-order valence-corrected chi connectivity index (χ4v) is 2.18. The highest BCUT2D eigenvalue weighted by Crippen LogP contribution is 2.29. The largest absolute Gasteiger partial charge is 0.344 e. The lowest BCUT2D eigenvalue weighted by Crippen LogP contribution is -2.17. The summed E-state index contributed by atoms with van der Waals surface area (Å²) >= 11 is 0. The van der Waals surface area contributed by atoms with Gasteiger partial charge < -0.3 is 4.98 Å². The Labute approximate surface area is 118 Å². The van der Waals surface area contributed by atoms with Crippen LogP contribution in [0.1, 0.15) is 32.9 Å². The number of aryl methyl sites for hydroxylation is 1. The predicted octanol–water partition coefficient (Wildman–Crippen LogP) is 3.05. The van der Waals surface area contributed by atoms with Gasteiger partial charge in [-0.15, -0.1) is 0 Å². The van der Waals surface area contributed by atoms with Crippen molar-refractivity contribution in [2.45, 2.75) is 32.6 Å². The Morgan fingerprint density at radius 1 is 1.30 bits per heavy atom. The van der Waals surface area contributed by atoms with E-state index < -0.39 is 0 Å². The third-order valence-corrected chi connectivity index (χ3v) is 3.97. The number of rotatable bonds is 3. The first-order chi connectivity index (χ1) is 9.51. The van der Waals surface area contributed by atoms with Gasteiger partial charge in [-0.2, -0.15) is 5.10 Å². The fourth-order valence-electron chi connectivity index (χ4n) is 2.18. The van der Waals surface area contributed by atoms with Crippen LogP contribution in [0.3, 0.4) is 0 Å². The molecule has 0 saturated heterocycles. The van der Waals surface area contributed by atoms with Gasteiger partial charge in [0.15, 0.2) is 5.65 Å². The molecule has 3 heterocycles. The molecule has 0 radical (unpaired) electrons. The molecule has 3 aromatic rings. The molecule has 3 rings (SSSR count). The number of aromatic nitrogens is 5. The van der Waals surface area contributed by atoms with Gasteiger partial charge in [-0.3, -0.25) is 4.68 Å². The Morgan fingerprint density at radius 3 is 2.75 bits per heavy atom. The number of nitrogens with zero attached hydrogens (tertiary/aromatic N) is 4. The van der Waals surface area contributed by atoms with E-state index >= 15 is 0 Å². The average Bonchev–Trinajstić information content (AvgIpc) is 3.03. The standard InChI is InChI=1S/C15H19N5/c1-5-15(2,3)12-8-17-14-13(19-12)11(7-16-14)10-6-18-20(4)9-10/h6-9H,5H2,1-4H3,(H,16,17). The summed E-state index contributed by atoms with van der Waals surface area (Å²) in [4.78, 5) is 12.5. The lowest BCUT2D eigenvalue weighted by molar-refractivity contribution is 0.490. The Morgan fingerprint density at radius 2 is 2.10 bits per heavy atom. The highest BCUT2D eigenvalue weighted by Gasteiger charge is 2.21. The van der Waals surface area contributed by atoms with Crippen LogP contribution in [0.4, 0.5) is 0 Å². The van der Waals surface area contributed by atoms with Crippen LogP contribution in [-0.2, 0) is 12.5 Å². The molecule has 3 aromatic heterocycles. The molecule has 0 amide bonds. The quantitative estimate of drug-likeness (QED) is 0.795. The van der Waals surface area contributed by atoms with Gasteiger partial charge >= 0.3 is 0 Å². The maximum atomic E-state index is 4.83. The molecule has 0 saturated carbocycles. The summed E-state index contributed by atoms with van der Waals surface area (Å²) < 4.78 is 1.79. The van der Waals surface area contributed by atoms with E-state index in [-0.39, 0.29) is 5.41 Å². The highest BCUT2D eigenvalue weighted by atomic mass is 15.2. The second-order valence-electron chi connectivity index (χ2n) is 5.79. The molecule has 0 unspecified atom stereocenters. The van der Waals surface area contributed by atoms with Crippen LogP contribution >= 0.6 is 0 Å². The van der Waals surface area contributed by atoms with Gasteiger partial charge in [0.2, 0.25) is 0 Å². The summed E-state index contributed by atoms with van der Waals surface area (Å²) in [6.07, 6.45) is 8.68. The van der Waals surface area contributed by atoms with Crippen LogP contribution in [0.5, 0.6) is 0 Å². The molecule has 0 aliphatic rings. The zero-order valence-electron chi connectivity index (χ0n) is 12.3. The molecule has 20 heavy (non-hydrogen) atoms. The van der Waals surface area contributed by atoms with Crippen LogP contribution < -0.4 is 0 Å². The molecule has 0 aromatic carbocycles. The third-order valence-electron chi connectivity index (χ3n) is 3.97. The average molecular weight is 269 g/mol. The van der Waals surface area contributed by atoms with Gasteiger partial charge in [0.05, 0.1) is 18.1 Å². The van der Waals surface area contributed by atoms with Crippen LogP contribution in [0, 0.1) is 0 Å². The van der Waals surface area contributed by atoms with E-state index in [1.807, 2.05) is 31.8 Å². The van der Waals surface area contributed by atoms with Crippen molar-refractivity contribution in [3.8, 4) is 11.1 Å². The molecule has 0 bridgehead atoms. The molecule has 0 aliphatic carbocycles.